The van der Waals surface area contributed by atoms with Crippen molar-refractivity contribution in [3.05, 3.63) is 29.6 Å². The van der Waals surface area contributed by atoms with Gasteiger partial charge in [0, 0.05) is 25.9 Å². The van der Waals surface area contributed by atoms with Gasteiger partial charge in [0.15, 0.2) is 5.96 Å². The van der Waals surface area contributed by atoms with Crippen LogP contribution in [0.2, 0.25) is 0 Å². The number of ether oxygens (including phenoxy) is 1. The fourth-order valence-electron chi connectivity index (χ4n) is 1.68. The van der Waals surface area contributed by atoms with E-state index in [-0.39, 0.29) is 30.0 Å². The summed E-state index contributed by atoms with van der Waals surface area (Å²) in [5.74, 6) is 0.789. The number of aromatic nitrogens is 1. The first-order valence-corrected chi connectivity index (χ1v) is 6.61. The van der Waals surface area contributed by atoms with E-state index < -0.39 is 0 Å². The predicted octanol–water partition coefficient (Wildman–Crippen LogP) is 2.10. The van der Waals surface area contributed by atoms with Gasteiger partial charge in [-0.15, -0.1) is 24.0 Å². The van der Waals surface area contributed by atoms with Crippen molar-refractivity contribution in [3.63, 3.8) is 0 Å². The first kappa shape index (κ1) is 19.1. The number of nitrogens with zero attached hydrogens (tertiary/aromatic N) is 2. The molecular weight excluding hydrogens is 367 g/mol. The molecule has 0 amide bonds. The zero-order valence-corrected chi connectivity index (χ0v) is 15.0. The summed E-state index contributed by atoms with van der Waals surface area (Å²) in [6.45, 7) is 8.19. The molecule has 0 aliphatic heterocycles. The van der Waals surface area contributed by atoms with Gasteiger partial charge in [-0.25, -0.2) is 4.99 Å². The Balaban J connectivity index is 0.00000361. The molecule has 0 spiro atoms. The first-order valence-electron chi connectivity index (χ1n) is 6.61. The Morgan fingerprint density at radius 3 is 2.85 bits per heavy atom. The Bertz CT molecular complexity index is 412. The van der Waals surface area contributed by atoms with Crippen molar-refractivity contribution in [3.8, 4) is 0 Å². The highest BCUT2D eigenvalue weighted by Crippen LogP contribution is 2.04. The largest absolute Gasteiger partial charge is 0.383 e. The summed E-state index contributed by atoms with van der Waals surface area (Å²) in [6, 6.07) is 4.20. The maximum atomic E-state index is 5.11. The van der Waals surface area contributed by atoms with Gasteiger partial charge in [0.1, 0.15) is 0 Å². The Morgan fingerprint density at radius 2 is 2.25 bits per heavy atom. The SMILES string of the molecule is CCNC(=NCc1ncccc1C)NC(C)COC.I. The Labute approximate surface area is 138 Å². The van der Waals surface area contributed by atoms with E-state index in [1.165, 1.54) is 0 Å². The van der Waals surface area contributed by atoms with Gasteiger partial charge in [-0.3, -0.25) is 4.98 Å². The molecule has 5 nitrogen and oxygen atoms in total. The quantitative estimate of drug-likeness (QED) is 0.442. The number of aliphatic imine (C=N–C) groups is 1. The van der Waals surface area contributed by atoms with Crippen LogP contribution in [-0.2, 0) is 11.3 Å². The number of hydrogen-bond acceptors (Lipinski definition) is 3. The molecule has 20 heavy (non-hydrogen) atoms. The highest BCUT2D eigenvalue weighted by Gasteiger charge is 2.05. The smallest absolute Gasteiger partial charge is 0.191 e. The molecule has 1 atom stereocenters. The average molecular weight is 392 g/mol. The maximum Gasteiger partial charge on any atom is 0.191 e. The zero-order valence-electron chi connectivity index (χ0n) is 12.6. The summed E-state index contributed by atoms with van der Waals surface area (Å²) in [7, 11) is 1.69. The van der Waals surface area contributed by atoms with Crippen molar-refractivity contribution in [1.29, 1.82) is 0 Å². The van der Waals surface area contributed by atoms with Gasteiger partial charge >= 0.3 is 0 Å². The van der Waals surface area contributed by atoms with Crippen molar-refractivity contribution in [1.82, 2.24) is 15.6 Å². The van der Waals surface area contributed by atoms with Crippen LogP contribution < -0.4 is 10.6 Å². The van der Waals surface area contributed by atoms with Crippen LogP contribution in [0.5, 0.6) is 0 Å². The molecule has 1 unspecified atom stereocenters. The lowest BCUT2D eigenvalue weighted by Gasteiger charge is -2.17. The molecule has 1 aromatic heterocycles. The normalized spacial score (nSPS) is 12.5. The molecule has 1 rings (SSSR count). The van der Waals surface area contributed by atoms with Gasteiger partial charge in [-0.2, -0.15) is 0 Å². The second kappa shape index (κ2) is 10.8. The predicted molar refractivity (Wildman–Crippen MR) is 93.7 cm³/mol. The molecule has 0 aromatic carbocycles. The molecule has 114 valence electrons. The maximum absolute atomic E-state index is 5.11. The van der Waals surface area contributed by atoms with Crippen LogP contribution in [0.15, 0.2) is 23.3 Å². The topological polar surface area (TPSA) is 58.5 Å². The lowest BCUT2D eigenvalue weighted by atomic mass is 10.2. The summed E-state index contributed by atoms with van der Waals surface area (Å²) in [4.78, 5) is 8.88. The number of pyridine rings is 1. The molecule has 0 saturated carbocycles. The van der Waals surface area contributed by atoms with Crippen molar-refractivity contribution < 1.29 is 4.74 Å². The molecule has 0 aliphatic carbocycles. The molecule has 0 aliphatic rings. The van der Waals surface area contributed by atoms with Crippen LogP contribution in [0.3, 0.4) is 0 Å². The average Bonchev–Trinajstić information content (AvgIpc) is 2.38. The van der Waals surface area contributed by atoms with Crippen molar-refractivity contribution >= 4 is 29.9 Å². The van der Waals surface area contributed by atoms with E-state index in [0.29, 0.717) is 13.2 Å². The van der Waals surface area contributed by atoms with Crippen LogP contribution >= 0.6 is 24.0 Å². The van der Waals surface area contributed by atoms with E-state index >= 15 is 0 Å². The summed E-state index contributed by atoms with van der Waals surface area (Å²) < 4.78 is 5.11. The summed E-state index contributed by atoms with van der Waals surface area (Å²) in [5, 5.41) is 6.51. The minimum atomic E-state index is 0. The Hall–Kier alpha value is -0.890. The number of rotatable bonds is 6. The number of aryl methyl sites for hydroxylation is 1. The van der Waals surface area contributed by atoms with E-state index in [2.05, 4.69) is 27.5 Å². The summed E-state index contributed by atoms with van der Waals surface area (Å²) in [5.41, 5.74) is 2.16. The molecule has 6 heteroatoms. The molecule has 0 radical (unpaired) electrons. The summed E-state index contributed by atoms with van der Waals surface area (Å²) >= 11 is 0. The third-order valence-electron chi connectivity index (χ3n) is 2.65. The molecule has 2 N–H and O–H groups in total. The summed E-state index contributed by atoms with van der Waals surface area (Å²) in [6.07, 6.45) is 1.80. The lowest BCUT2D eigenvalue weighted by molar-refractivity contribution is 0.179. The molecule has 0 fully saturated rings. The number of nitrogens with one attached hydrogen (secondary N) is 2. The monoisotopic (exact) mass is 392 g/mol. The number of methoxy groups -OCH3 is 1. The minimum absolute atomic E-state index is 0. The third kappa shape index (κ3) is 7.04. The van der Waals surface area contributed by atoms with Crippen LogP contribution in [-0.4, -0.2) is 37.2 Å². The van der Waals surface area contributed by atoms with Gasteiger partial charge in [0.05, 0.1) is 18.8 Å². The van der Waals surface area contributed by atoms with Gasteiger partial charge < -0.3 is 15.4 Å². The lowest BCUT2D eigenvalue weighted by Crippen LogP contribution is -2.43. The van der Waals surface area contributed by atoms with E-state index in [1.807, 2.05) is 26.0 Å². The van der Waals surface area contributed by atoms with E-state index in [1.54, 1.807) is 13.3 Å². The molecular formula is C14H25IN4O. The molecule has 0 bridgehead atoms. The standard InChI is InChI=1S/C14H24N4O.HI/c1-5-15-14(18-12(3)10-19-4)17-9-13-11(2)7-6-8-16-13;/h6-8,12H,5,9-10H2,1-4H3,(H2,15,17,18);1H. The van der Waals surface area contributed by atoms with Gasteiger partial charge in [-0.05, 0) is 32.4 Å². The van der Waals surface area contributed by atoms with Crippen LogP contribution in [0.25, 0.3) is 0 Å². The highest BCUT2D eigenvalue weighted by atomic mass is 127. The van der Waals surface area contributed by atoms with E-state index in [0.717, 1.165) is 23.8 Å². The van der Waals surface area contributed by atoms with E-state index in [4.69, 9.17) is 4.74 Å². The van der Waals surface area contributed by atoms with Gasteiger partial charge in [0.2, 0.25) is 0 Å². The second-order valence-electron chi connectivity index (χ2n) is 4.46. The fraction of sp³-hybridized carbons (Fsp3) is 0.571. The first-order chi connectivity index (χ1) is 9.17. The molecule has 1 heterocycles. The van der Waals surface area contributed by atoms with Gasteiger partial charge in [-0.1, -0.05) is 6.07 Å². The Kier molecular flexibility index (Phi) is 10.4. The van der Waals surface area contributed by atoms with Gasteiger partial charge in [0.25, 0.3) is 0 Å². The second-order valence-corrected chi connectivity index (χ2v) is 4.46. The molecule has 1 aromatic rings. The Morgan fingerprint density at radius 1 is 1.50 bits per heavy atom. The van der Waals surface area contributed by atoms with Crippen molar-refractivity contribution in [2.24, 2.45) is 4.99 Å². The number of halogens is 1. The molecule has 0 saturated heterocycles. The van der Waals surface area contributed by atoms with Crippen LogP contribution in [0, 0.1) is 6.92 Å². The highest BCUT2D eigenvalue weighted by molar-refractivity contribution is 14.0. The van der Waals surface area contributed by atoms with Crippen molar-refractivity contribution in [2.45, 2.75) is 33.4 Å². The number of hydrogen-bond donors (Lipinski definition) is 2. The van der Waals surface area contributed by atoms with Crippen molar-refractivity contribution in [2.75, 3.05) is 20.3 Å². The number of guanidine groups is 1. The fourth-order valence-corrected chi connectivity index (χ4v) is 1.68. The van der Waals surface area contributed by atoms with Crippen LogP contribution in [0.4, 0.5) is 0 Å². The third-order valence-corrected chi connectivity index (χ3v) is 2.65. The van der Waals surface area contributed by atoms with Crippen LogP contribution in [0.1, 0.15) is 25.1 Å². The van der Waals surface area contributed by atoms with E-state index in [9.17, 15) is 0 Å². The zero-order chi connectivity index (χ0) is 14.1. The minimum Gasteiger partial charge on any atom is -0.383 e.